The Kier molecular flexibility index (Phi) is 5.61. The molecule has 10 atom stereocenters. The van der Waals surface area contributed by atoms with E-state index in [0.29, 0.717) is 36.6 Å². The lowest BCUT2D eigenvalue weighted by Gasteiger charge is -2.73. The highest BCUT2D eigenvalue weighted by atomic mass is 16.5. The topological polar surface area (TPSA) is 83.0 Å². The number of allylic oxidation sites excluding steroid dienone is 1. The Labute approximate surface area is 207 Å². The first-order valence-electron chi connectivity index (χ1n) is 14.1. The van der Waals surface area contributed by atoms with Gasteiger partial charge in [0, 0.05) is 18.4 Å². The Morgan fingerprint density at radius 2 is 1.56 bits per heavy atom. The Bertz CT molecular complexity index is 856. The lowest BCUT2D eigenvalue weighted by molar-refractivity contribution is -0.332. The molecule has 5 fully saturated rings. The van der Waals surface area contributed by atoms with Crippen molar-refractivity contribution < 1.29 is 15.3 Å². The predicted octanol–water partition coefficient (Wildman–Crippen LogP) is 5.37. The molecule has 0 aromatic carbocycles. The fraction of sp³-hybridized carbons (Fsp3) is 0.933. The van der Waals surface area contributed by atoms with Crippen LogP contribution in [0.4, 0.5) is 0 Å². The van der Waals surface area contributed by atoms with Crippen molar-refractivity contribution in [2.75, 3.05) is 13.2 Å². The lowest BCUT2D eigenvalue weighted by Crippen LogP contribution is -2.69. The van der Waals surface area contributed by atoms with Gasteiger partial charge in [-0.3, -0.25) is 0 Å². The zero-order chi connectivity index (χ0) is 24.9. The van der Waals surface area contributed by atoms with E-state index in [9.17, 15) is 21.1 Å². The zero-order valence-electron chi connectivity index (χ0n) is 22.4. The summed E-state index contributed by atoms with van der Waals surface area (Å²) >= 11 is 0. The van der Waals surface area contributed by atoms with E-state index in [-0.39, 0.29) is 34.2 Å². The van der Waals surface area contributed by atoms with Crippen LogP contribution in [0.2, 0.25) is 0 Å². The van der Waals surface area contributed by atoms with Crippen LogP contribution in [0, 0.1) is 56.7 Å². The minimum Gasteiger partial charge on any atom is -0.396 e. The van der Waals surface area contributed by atoms with Crippen molar-refractivity contribution in [3.8, 4) is 0 Å². The fourth-order valence-electron chi connectivity index (χ4n) is 11.6. The molecule has 0 spiro atoms. The molecule has 5 saturated carbocycles. The maximum Gasteiger partial charge on any atom is 0.170 e. The Morgan fingerprint density at radius 3 is 2.18 bits per heavy atom. The number of fused-ring (bicyclic) bond motifs is 7. The van der Waals surface area contributed by atoms with Crippen molar-refractivity contribution in [1.29, 1.82) is 0 Å². The summed E-state index contributed by atoms with van der Waals surface area (Å²) in [5.74, 6) is 0.510. The van der Waals surface area contributed by atoms with Crippen LogP contribution < -0.4 is 5.73 Å². The van der Waals surface area contributed by atoms with Crippen molar-refractivity contribution in [1.82, 2.24) is 5.73 Å². The van der Waals surface area contributed by atoms with Gasteiger partial charge in [0.1, 0.15) is 0 Å². The Balaban J connectivity index is 1.55. The van der Waals surface area contributed by atoms with Crippen molar-refractivity contribution >= 4 is 0 Å². The maximum atomic E-state index is 10.9. The average Bonchev–Trinajstić information content (AvgIpc) is 3.18. The molecule has 5 aliphatic carbocycles. The molecule has 2 unspecified atom stereocenters. The number of nitrogens with zero attached hydrogens (tertiary/aromatic N) is 1. The van der Waals surface area contributed by atoms with Crippen molar-refractivity contribution in [2.45, 2.75) is 105 Å². The van der Waals surface area contributed by atoms with Crippen LogP contribution in [0.1, 0.15) is 98.8 Å². The molecule has 0 heterocycles. The second-order valence-corrected chi connectivity index (χ2v) is 14.6. The van der Waals surface area contributed by atoms with Gasteiger partial charge in [-0.05, 0) is 116 Å². The van der Waals surface area contributed by atoms with Gasteiger partial charge >= 0.3 is 0 Å². The van der Waals surface area contributed by atoms with Crippen LogP contribution in [0.5, 0.6) is 0 Å². The van der Waals surface area contributed by atoms with Gasteiger partial charge in [-0.1, -0.05) is 39.8 Å². The van der Waals surface area contributed by atoms with Gasteiger partial charge in [0.2, 0.25) is 0 Å². The highest BCUT2D eigenvalue weighted by Gasteiger charge is 2.72. The van der Waals surface area contributed by atoms with Gasteiger partial charge in [-0.15, -0.1) is 5.73 Å². The minimum atomic E-state index is -1.80. The van der Waals surface area contributed by atoms with E-state index in [1.807, 2.05) is 6.92 Å². The third kappa shape index (κ3) is 2.81. The molecule has 192 valence electrons. The standard InChI is InChI=1S/C30H49NO3/c1-19(2)20-9-12-29(17-31)15-14-26(4)21(24(20)29)7-8-22-25(3)13-16-30(33,34)28(6,18-32)23(25)10-11-27(22,26)5/h20-24,32-34H,1,7-18H2,2-6H3/t20-,21+,22?,23+,24+,25+,26+,27+,28?,29+/m0/s1. The molecule has 5 aliphatic rings. The summed E-state index contributed by atoms with van der Waals surface area (Å²) in [5.41, 5.74) is 11.6. The van der Waals surface area contributed by atoms with E-state index < -0.39 is 11.2 Å². The van der Waals surface area contributed by atoms with Crippen molar-refractivity contribution in [3.63, 3.8) is 0 Å². The molecule has 34 heavy (non-hydrogen) atoms. The van der Waals surface area contributed by atoms with Crippen LogP contribution >= 0.6 is 0 Å². The smallest absolute Gasteiger partial charge is 0.170 e. The number of hydrogen-bond donors (Lipinski definition) is 3. The van der Waals surface area contributed by atoms with Crippen LogP contribution in [0.3, 0.4) is 0 Å². The highest BCUT2D eigenvalue weighted by Crippen LogP contribution is 2.77. The number of aliphatic hydroxyl groups is 3. The Morgan fingerprint density at radius 1 is 0.853 bits per heavy atom. The molecule has 0 aromatic heterocycles. The predicted molar refractivity (Wildman–Crippen MR) is 135 cm³/mol. The summed E-state index contributed by atoms with van der Waals surface area (Å²) < 4.78 is 0. The zero-order valence-corrected chi connectivity index (χ0v) is 22.4. The first-order chi connectivity index (χ1) is 15.8. The molecular weight excluding hydrogens is 422 g/mol. The highest BCUT2D eigenvalue weighted by molar-refractivity contribution is 5.22. The van der Waals surface area contributed by atoms with E-state index in [1.165, 1.54) is 31.3 Å². The molecule has 0 bridgehead atoms. The van der Waals surface area contributed by atoms with E-state index in [1.54, 1.807) is 0 Å². The minimum absolute atomic E-state index is 0.00235. The van der Waals surface area contributed by atoms with Gasteiger partial charge in [0.05, 0.1) is 6.61 Å². The summed E-state index contributed by atoms with van der Waals surface area (Å²) in [6.45, 7) is 16.2. The quantitative estimate of drug-likeness (QED) is 0.382. The van der Waals surface area contributed by atoms with E-state index >= 15 is 0 Å². The SMILES string of the molecule is C=C(C)[C@@H]1CC[C@]2(C[N])CC[C@]3(C)[C@H](CCC4[C@@]5(C)CCC(O)(O)C(C)(CO)[C@@H]5CC[C@]43C)[C@@H]12. The molecule has 0 amide bonds. The Hall–Kier alpha value is -0.420. The molecule has 0 saturated heterocycles. The van der Waals surface area contributed by atoms with Gasteiger partial charge < -0.3 is 15.3 Å². The second kappa shape index (κ2) is 7.55. The average molecular weight is 472 g/mol. The monoisotopic (exact) mass is 471 g/mol. The third-order valence-electron chi connectivity index (χ3n) is 13.8. The first-order valence-corrected chi connectivity index (χ1v) is 14.1. The third-order valence-corrected chi connectivity index (χ3v) is 13.8. The van der Waals surface area contributed by atoms with Crippen molar-refractivity contribution in [2.24, 2.45) is 56.7 Å². The summed E-state index contributed by atoms with van der Waals surface area (Å²) in [4.78, 5) is 0. The van der Waals surface area contributed by atoms with Crippen LogP contribution in [0.15, 0.2) is 12.2 Å². The molecule has 2 radical (unpaired) electrons. The van der Waals surface area contributed by atoms with Crippen LogP contribution in [0.25, 0.3) is 0 Å². The van der Waals surface area contributed by atoms with E-state index in [2.05, 4.69) is 34.3 Å². The molecule has 0 aromatic rings. The fourth-order valence-corrected chi connectivity index (χ4v) is 11.6. The van der Waals surface area contributed by atoms with Gasteiger partial charge in [0.25, 0.3) is 0 Å². The molecule has 4 nitrogen and oxygen atoms in total. The maximum absolute atomic E-state index is 10.9. The number of rotatable bonds is 3. The van der Waals surface area contributed by atoms with Crippen molar-refractivity contribution in [3.05, 3.63) is 12.2 Å². The molecule has 0 aliphatic heterocycles. The van der Waals surface area contributed by atoms with Gasteiger partial charge in [-0.2, -0.15) is 0 Å². The molecular formula is C30H49NO3. The van der Waals surface area contributed by atoms with Crippen LogP contribution in [-0.4, -0.2) is 34.3 Å². The first kappa shape index (κ1) is 25.2. The largest absolute Gasteiger partial charge is 0.396 e. The summed E-state index contributed by atoms with van der Waals surface area (Å²) in [5, 5.41) is 32.3. The summed E-state index contributed by atoms with van der Waals surface area (Å²) in [6, 6.07) is 0. The molecule has 5 rings (SSSR count). The number of hydrogen-bond acceptors (Lipinski definition) is 3. The lowest BCUT2D eigenvalue weighted by atomic mass is 9.32. The summed E-state index contributed by atoms with van der Waals surface area (Å²) in [6.07, 6.45) is 10.2. The molecule has 4 heteroatoms. The van der Waals surface area contributed by atoms with Crippen LogP contribution in [-0.2, 0) is 0 Å². The second-order valence-electron chi connectivity index (χ2n) is 14.6. The van der Waals surface area contributed by atoms with Gasteiger partial charge in [0.15, 0.2) is 5.79 Å². The van der Waals surface area contributed by atoms with E-state index in [0.717, 1.165) is 32.1 Å². The molecule has 3 N–H and O–H groups in total. The normalized spacial score (nSPS) is 56.1. The number of aliphatic hydroxyl groups excluding tert-OH is 1. The van der Waals surface area contributed by atoms with E-state index in [4.69, 9.17) is 0 Å². The van der Waals surface area contributed by atoms with Gasteiger partial charge in [-0.25, -0.2) is 0 Å². The summed E-state index contributed by atoms with van der Waals surface area (Å²) in [7, 11) is 0.